The zero-order valence-corrected chi connectivity index (χ0v) is 44.2. The van der Waals surface area contributed by atoms with Crippen LogP contribution in [-0.2, 0) is 46.1 Å². The van der Waals surface area contributed by atoms with Crippen molar-refractivity contribution in [3.05, 3.63) is 91.0 Å². The summed E-state index contributed by atoms with van der Waals surface area (Å²) in [5, 5.41) is 3.40. The van der Waals surface area contributed by atoms with Crippen LogP contribution < -0.4 is 15.6 Å². The van der Waals surface area contributed by atoms with Gasteiger partial charge in [0.15, 0.2) is 0 Å². The second-order valence-electron chi connectivity index (χ2n) is 14.7. The number of rotatable bonds is 13. The first kappa shape index (κ1) is 76.3. The molecule has 74 heavy (non-hydrogen) atoms. The standard InChI is InChI=1S/C14H16O2Si.C9H14O2Si.3C6H6F6O2.3Ar/c1-15-17(16-2,13-9-5-3-6-10-13)14-11-7-4-8-12-14;1-10-12(3,11-2)9-7-5-4-6-8-9;3*1-13-5(11)3(7,8)4(9,10)6(5,12)14-2;;;/h3-12H,1-2H3;4-8H,1-3H3;3*1-2H3;;;. The monoisotopic (exact) mass is 1220 g/mol. The van der Waals surface area contributed by atoms with Gasteiger partial charge in [-0.1, -0.05) is 91.0 Å². The second kappa shape index (κ2) is 27.3. The summed E-state index contributed by atoms with van der Waals surface area (Å²) in [7, 11) is 4.32. The van der Waals surface area contributed by atoms with Gasteiger partial charge in [0.25, 0.3) is 0 Å². The van der Waals surface area contributed by atoms with Crippen LogP contribution in [0.4, 0.5) is 79.0 Å². The third-order valence-electron chi connectivity index (χ3n) is 11.5. The molecule has 6 atom stereocenters. The Balaban J connectivity index is 0. The Labute approximate surface area is 505 Å². The summed E-state index contributed by atoms with van der Waals surface area (Å²) in [4.78, 5) is 0. The van der Waals surface area contributed by atoms with Crippen molar-refractivity contribution in [3.63, 3.8) is 0 Å². The molecule has 0 aromatic heterocycles. The number of hydrogen-bond donors (Lipinski definition) is 0. The Kier molecular flexibility index (Phi) is 28.2. The fourth-order valence-corrected chi connectivity index (χ4v) is 11.0. The summed E-state index contributed by atoms with van der Waals surface area (Å²) < 4.78 is 271. The van der Waals surface area contributed by atoms with Gasteiger partial charge in [0.05, 0.1) is 0 Å². The second-order valence-corrected chi connectivity index (χ2v) is 21.2. The van der Waals surface area contributed by atoms with Gasteiger partial charge >= 0.3 is 87.8 Å². The number of benzene rings is 3. The molecule has 3 aliphatic rings. The van der Waals surface area contributed by atoms with Crippen molar-refractivity contribution >= 4 is 32.7 Å². The van der Waals surface area contributed by atoms with Crippen molar-refractivity contribution in [1.82, 2.24) is 0 Å². The molecule has 430 valence electrons. The fraction of sp³-hybridized carbons (Fsp3) is 0.561. The van der Waals surface area contributed by atoms with Crippen LogP contribution in [0.5, 0.6) is 0 Å². The molecule has 3 aromatic carbocycles. The molecule has 6 rings (SSSR count). The van der Waals surface area contributed by atoms with Crippen molar-refractivity contribution in [1.29, 1.82) is 0 Å². The molecule has 10 nitrogen and oxygen atoms in total. The van der Waals surface area contributed by atoms with Crippen LogP contribution >= 0.6 is 0 Å². The Bertz CT molecular complexity index is 1930. The first-order valence-corrected chi connectivity index (χ1v) is 23.6. The maximum Gasteiger partial charge on any atom is 0.406 e. The van der Waals surface area contributed by atoms with E-state index in [0.29, 0.717) is 42.7 Å². The van der Waals surface area contributed by atoms with Gasteiger partial charge in [0.2, 0.25) is 0 Å². The predicted octanol–water partition coefficient (Wildman–Crippen LogP) is 8.48. The molecular formula is C41H48Ar3F18O10Si2. The normalized spacial score (nSPS) is 29.8. The SMILES string of the molecule is COC1(F)C(F)(F)C(F)(F)C1(F)OC.COC1(F)C(F)(F)C(F)(F)C1(F)OC.COC1(F)C(F)(F)C(F)(F)C1(F)OC.CO[Si](C)(OC)c1ccccc1.CO[Si](OC)(c1ccccc1)c1ccccc1.[Ar].[Ar].[Ar]. The third-order valence-corrected chi connectivity index (χ3v) is 17.8. The molecule has 6 unspecified atom stereocenters. The molecule has 3 saturated carbocycles. The van der Waals surface area contributed by atoms with Gasteiger partial charge in [-0.05, 0) is 22.1 Å². The van der Waals surface area contributed by atoms with Crippen molar-refractivity contribution in [3.8, 4) is 0 Å². The van der Waals surface area contributed by atoms with Gasteiger partial charge in [-0.15, -0.1) is 0 Å². The van der Waals surface area contributed by atoms with E-state index >= 15 is 0 Å². The Morgan fingerprint density at radius 1 is 0.270 bits per heavy atom. The minimum atomic E-state index is -5.26. The van der Waals surface area contributed by atoms with E-state index < -0.39 is 87.8 Å². The summed E-state index contributed by atoms with van der Waals surface area (Å²) in [6.07, 6.45) is 0. The summed E-state index contributed by atoms with van der Waals surface area (Å²) in [6, 6.07) is 30.4. The predicted molar refractivity (Wildman–Crippen MR) is 218 cm³/mol. The van der Waals surface area contributed by atoms with Gasteiger partial charge in [-0.2, -0.15) is 79.0 Å². The summed E-state index contributed by atoms with van der Waals surface area (Å²) >= 11 is 0. The number of methoxy groups -OCH3 is 6. The molecule has 0 aliphatic heterocycles. The zero-order chi connectivity index (χ0) is 55.4. The van der Waals surface area contributed by atoms with Crippen LogP contribution in [-0.4, -0.2) is 159 Å². The van der Waals surface area contributed by atoms with Gasteiger partial charge < -0.3 is 46.1 Å². The molecule has 0 saturated heterocycles. The van der Waals surface area contributed by atoms with Gasteiger partial charge in [0, 0.05) is 184 Å². The van der Waals surface area contributed by atoms with Crippen LogP contribution in [0.15, 0.2) is 91.0 Å². The minimum absolute atomic E-state index is 0. The van der Waals surface area contributed by atoms with E-state index in [2.05, 4.69) is 52.7 Å². The molecule has 0 radical (unpaired) electrons. The van der Waals surface area contributed by atoms with Crippen LogP contribution in [0.1, 0.15) is 0 Å². The van der Waals surface area contributed by atoms with E-state index in [1.165, 1.54) is 0 Å². The van der Waals surface area contributed by atoms with E-state index in [1.807, 2.05) is 73.3 Å². The average molecular weight is 1220 g/mol. The third kappa shape index (κ3) is 11.3. The first-order valence-electron chi connectivity index (χ1n) is 19.5. The Morgan fingerprint density at radius 3 is 0.568 bits per heavy atom. The largest absolute Gasteiger partial charge is 0.406 e. The Morgan fingerprint density at radius 2 is 0.432 bits per heavy atom. The summed E-state index contributed by atoms with van der Waals surface area (Å²) in [5.74, 6) is -58.4. The van der Waals surface area contributed by atoms with E-state index in [1.54, 1.807) is 28.4 Å². The molecule has 0 heterocycles. The number of ether oxygens (including phenoxy) is 6. The van der Waals surface area contributed by atoms with E-state index in [9.17, 15) is 79.0 Å². The molecule has 33 heteroatoms. The van der Waals surface area contributed by atoms with Crippen molar-refractivity contribution in [2.75, 3.05) is 71.1 Å². The van der Waals surface area contributed by atoms with Crippen LogP contribution in [0, 0.1) is 113 Å². The molecule has 3 fully saturated rings. The van der Waals surface area contributed by atoms with Gasteiger partial charge in [-0.25, -0.2) is 0 Å². The molecule has 3 aliphatic carbocycles. The van der Waals surface area contributed by atoms with E-state index in [-0.39, 0.29) is 113 Å². The molecular weight excluding hydrogens is 1170 g/mol. The van der Waals surface area contributed by atoms with Crippen LogP contribution in [0.25, 0.3) is 0 Å². The van der Waals surface area contributed by atoms with Crippen LogP contribution in [0.3, 0.4) is 0 Å². The molecule has 0 N–H and O–H groups in total. The maximum atomic E-state index is 13.0. The topological polar surface area (TPSA) is 92.3 Å². The quantitative estimate of drug-likeness (QED) is 0.123. The zero-order valence-electron chi connectivity index (χ0n) is 40.1. The Hall–Kier alpha value is 0.213. The van der Waals surface area contributed by atoms with E-state index in [0.717, 1.165) is 15.6 Å². The minimum Gasteiger partial charge on any atom is -0.394 e. The van der Waals surface area contributed by atoms with Gasteiger partial charge in [0.1, 0.15) is 0 Å². The van der Waals surface area contributed by atoms with Crippen molar-refractivity contribution in [2.45, 2.75) is 77.2 Å². The van der Waals surface area contributed by atoms with E-state index in [4.69, 9.17) is 17.7 Å². The fourth-order valence-electron chi connectivity index (χ4n) is 6.89. The molecule has 3 aromatic rings. The first-order chi connectivity index (χ1) is 32.4. The van der Waals surface area contributed by atoms with Crippen molar-refractivity contribution < 1.29 is 238 Å². The molecule has 0 amide bonds. The smallest absolute Gasteiger partial charge is 0.394 e. The van der Waals surface area contributed by atoms with Crippen molar-refractivity contribution in [2.24, 2.45) is 0 Å². The number of alkyl halides is 18. The number of halogens is 18. The van der Waals surface area contributed by atoms with Gasteiger partial charge in [-0.3, -0.25) is 0 Å². The molecule has 0 spiro atoms. The van der Waals surface area contributed by atoms with Crippen LogP contribution in [0.2, 0.25) is 6.55 Å². The molecule has 0 bridgehead atoms. The summed E-state index contributed by atoms with van der Waals surface area (Å²) in [6.45, 7) is 2.03. The average Bonchev–Trinajstić information content (AvgIpc) is 3.38. The summed E-state index contributed by atoms with van der Waals surface area (Å²) in [5.41, 5.74) is 0. The number of hydrogen-bond acceptors (Lipinski definition) is 10. The maximum absolute atomic E-state index is 13.0.